The third-order valence-corrected chi connectivity index (χ3v) is 5.68. The fourth-order valence-electron chi connectivity index (χ4n) is 4.13. The normalized spacial score (nSPS) is 19.2. The van der Waals surface area contributed by atoms with Gasteiger partial charge in [0.15, 0.2) is 0 Å². The molecule has 0 saturated carbocycles. The molecule has 2 saturated heterocycles. The van der Waals surface area contributed by atoms with E-state index >= 15 is 0 Å². The van der Waals surface area contributed by atoms with Gasteiger partial charge in [-0.25, -0.2) is 0 Å². The van der Waals surface area contributed by atoms with Crippen LogP contribution in [-0.2, 0) is 19.2 Å². The predicted molar refractivity (Wildman–Crippen MR) is 115 cm³/mol. The van der Waals surface area contributed by atoms with Crippen LogP contribution in [0.15, 0.2) is 42.5 Å². The number of benzene rings is 2. The standard InChI is InChI=1S/C24H24N2O5/c1-15-9-10-20(16(2)11-15)25-14-17(12-23(25)29)24(30)31-19-6-3-5-18(13-19)26-21(27)7-4-8-22(26)28/h3,5-6,9-11,13,17H,4,7-8,12,14H2,1-2H3/t17-/m0/s1. The highest BCUT2D eigenvalue weighted by Crippen LogP contribution is 2.30. The average molecular weight is 420 g/mol. The van der Waals surface area contributed by atoms with Crippen molar-refractivity contribution in [3.63, 3.8) is 0 Å². The summed E-state index contributed by atoms with van der Waals surface area (Å²) in [5, 5.41) is 0. The second-order valence-corrected chi connectivity index (χ2v) is 8.09. The van der Waals surface area contributed by atoms with Crippen molar-refractivity contribution in [2.45, 2.75) is 39.5 Å². The first-order valence-electron chi connectivity index (χ1n) is 10.4. The smallest absolute Gasteiger partial charge is 0.316 e. The van der Waals surface area contributed by atoms with Crippen LogP contribution in [-0.4, -0.2) is 30.2 Å². The largest absolute Gasteiger partial charge is 0.426 e. The molecular formula is C24H24N2O5. The number of hydrogen-bond donors (Lipinski definition) is 0. The molecule has 160 valence electrons. The van der Waals surface area contributed by atoms with Gasteiger partial charge in [0.1, 0.15) is 5.75 Å². The molecule has 2 fully saturated rings. The van der Waals surface area contributed by atoms with Gasteiger partial charge in [-0.2, -0.15) is 0 Å². The summed E-state index contributed by atoms with van der Waals surface area (Å²) in [5.74, 6) is -1.49. The number of piperidine rings is 1. The van der Waals surface area contributed by atoms with Crippen LogP contribution in [0.1, 0.15) is 36.8 Å². The number of hydrogen-bond acceptors (Lipinski definition) is 5. The van der Waals surface area contributed by atoms with Crippen molar-refractivity contribution in [1.82, 2.24) is 0 Å². The van der Waals surface area contributed by atoms with Gasteiger partial charge in [-0.05, 0) is 44.0 Å². The highest BCUT2D eigenvalue weighted by atomic mass is 16.5. The molecule has 0 aromatic heterocycles. The van der Waals surface area contributed by atoms with E-state index in [4.69, 9.17) is 4.74 Å². The van der Waals surface area contributed by atoms with Crippen LogP contribution in [0.2, 0.25) is 0 Å². The number of ether oxygens (including phenoxy) is 1. The van der Waals surface area contributed by atoms with E-state index in [9.17, 15) is 19.2 Å². The molecule has 2 heterocycles. The Labute approximate surface area is 180 Å². The molecule has 0 radical (unpaired) electrons. The fraction of sp³-hybridized carbons (Fsp3) is 0.333. The maximum Gasteiger partial charge on any atom is 0.316 e. The van der Waals surface area contributed by atoms with Gasteiger partial charge in [0.2, 0.25) is 17.7 Å². The van der Waals surface area contributed by atoms with Gasteiger partial charge in [0.05, 0.1) is 11.6 Å². The molecule has 0 N–H and O–H groups in total. The lowest BCUT2D eigenvalue weighted by molar-refractivity contribution is -0.139. The highest BCUT2D eigenvalue weighted by Gasteiger charge is 2.37. The van der Waals surface area contributed by atoms with Crippen LogP contribution in [0, 0.1) is 19.8 Å². The SMILES string of the molecule is Cc1ccc(N2C[C@@H](C(=O)Oc3cccc(N4C(=O)CCCC4=O)c3)CC2=O)c(C)c1. The van der Waals surface area contributed by atoms with E-state index in [0.29, 0.717) is 24.9 Å². The van der Waals surface area contributed by atoms with Crippen LogP contribution in [0.25, 0.3) is 0 Å². The molecule has 7 heteroatoms. The summed E-state index contributed by atoms with van der Waals surface area (Å²) < 4.78 is 5.52. The Morgan fingerprint density at radius 1 is 0.968 bits per heavy atom. The summed E-state index contributed by atoms with van der Waals surface area (Å²) in [4.78, 5) is 52.4. The molecule has 3 amide bonds. The van der Waals surface area contributed by atoms with E-state index in [1.807, 2.05) is 32.0 Å². The van der Waals surface area contributed by atoms with Crippen LogP contribution in [0.3, 0.4) is 0 Å². The number of esters is 1. The molecule has 0 bridgehead atoms. The Morgan fingerprint density at radius 2 is 1.71 bits per heavy atom. The van der Waals surface area contributed by atoms with Crippen molar-refractivity contribution >= 4 is 35.1 Å². The molecule has 7 nitrogen and oxygen atoms in total. The minimum Gasteiger partial charge on any atom is -0.426 e. The lowest BCUT2D eigenvalue weighted by atomic mass is 10.1. The quantitative estimate of drug-likeness (QED) is 0.431. The van der Waals surface area contributed by atoms with Gasteiger partial charge < -0.3 is 9.64 Å². The van der Waals surface area contributed by atoms with Crippen molar-refractivity contribution in [3.05, 3.63) is 53.6 Å². The number of nitrogens with zero attached hydrogens (tertiary/aromatic N) is 2. The summed E-state index contributed by atoms with van der Waals surface area (Å²) >= 11 is 0. The molecule has 31 heavy (non-hydrogen) atoms. The van der Waals surface area contributed by atoms with Crippen LogP contribution in [0.5, 0.6) is 5.75 Å². The number of carbonyl (C=O) groups excluding carboxylic acids is 4. The van der Waals surface area contributed by atoms with Gasteiger partial charge in [-0.15, -0.1) is 0 Å². The maximum atomic E-state index is 12.7. The number of anilines is 2. The lowest BCUT2D eigenvalue weighted by Gasteiger charge is -2.25. The van der Waals surface area contributed by atoms with Gasteiger partial charge in [-0.1, -0.05) is 23.8 Å². The minimum atomic E-state index is -0.588. The molecule has 0 aliphatic carbocycles. The number of amides is 3. The van der Waals surface area contributed by atoms with Crippen molar-refractivity contribution in [1.29, 1.82) is 0 Å². The van der Waals surface area contributed by atoms with E-state index < -0.39 is 11.9 Å². The second kappa shape index (κ2) is 8.34. The van der Waals surface area contributed by atoms with Crippen molar-refractivity contribution < 1.29 is 23.9 Å². The maximum absolute atomic E-state index is 12.7. The predicted octanol–water partition coefficient (Wildman–Crippen LogP) is 3.31. The zero-order valence-corrected chi connectivity index (χ0v) is 17.6. The van der Waals surface area contributed by atoms with E-state index in [0.717, 1.165) is 21.7 Å². The first kappa shape index (κ1) is 20.8. The average Bonchev–Trinajstić information content (AvgIpc) is 3.10. The Kier molecular flexibility index (Phi) is 5.59. The topological polar surface area (TPSA) is 84.0 Å². The van der Waals surface area contributed by atoms with Crippen molar-refractivity contribution in [2.75, 3.05) is 16.3 Å². The summed E-state index contributed by atoms with van der Waals surface area (Å²) in [6, 6.07) is 12.2. The summed E-state index contributed by atoms with van der Waals surface area (Å²) in [7, 11) is 0. The number of rotatable bonds is 4. The highest BCUT2D eigenvalue weighted by molar-refractivity contribution is 6.16. The van der Waals surface area contributed by atoms with Crippen molar-refractivity contribution in [3.8, 4) is 5.75 Å². The first-order valence-corrected chi connectivity index (χ1v) is 10.4. The monoisotopic (exact) mass is 420 g/mol. The third-order valence-electron chi connectivity index (χ3n) is 5.68. The van der Waals surface area contributed by atoms with Crippen molar-refractivity contribution in [2.24, 2.45) is 5.92 Å². The van der Waals surface area contributed by atoms with E-state index in [2.05, 4.69) is 0 Å². The summed E-state index contributed by atoms with van der Waals surface area (Å²) in [5.41, 5.74) is 3.27. The molecule has 2 aromatic carbocycles. The van der Waals surface area contributed by atoms with E-state index in [1.165, 1.54) is 6.07 Å². The van der Waals surface area contributed by atoms with Crippen LogP contribution >= 0.6 is 0 Å². The number of carbonyl (C=O) groups is 4. The Balaban J connectivity index is 1.47. The molecule has 2 aliphatic heterocycles. The van der Waals surface area contributed by atoms with Gasteiger partial charge in [-0.3, -0.25) is 24.1 Å². The molecular weight excluding hydrogens is 396 g/mol. The first-order chi connectivity index (χ1) is 14.8. The number of imide groups is 1. The molecule has 4 rings (SSSR count). The van der Waals surface area contributed by atoms with Crippen LogP contribution in [0.4, 0.5) is 11.4 Å². The Hall–Kier alpha value is -3.48. The fourth-order valence-corrected chi connectivity index (χ4v) is 4.13. The summed E-state index contributed by atoms with van der Waals surface area (Å²) in [6.07, 6.45) is 1.26. The molecule has 2 aromatic rings. The van der Waals surface area contributed by atoms with Gasteiger partial charge in [0, 0.05) is 37.6 Å². The van der Waals surface area contributed by atoms with Gasteiger partial charge >= 0.3 is 5.97 Å². The molecule has 2 aliphatic rings. The molecule has 0 unspecified atom stereocenters. The lowest BCUT2D eigenvalue weighted by Crippen LogP contribution is -2.40. The Morgan fingerprint density at radius 3 is 2.42 bits per heavy atom. The van der Waals surface area contributed by atoms with E-state index in [-0.39, 0.29) is 36.4 Å². The minimum absolute atomic E-state index is 0.0783. The van der Waals surface area contributed by atoms with Gasteiger partial charge in [0.25, 0.3) is 0 Å². The number of aryl methyl sites for hydroxylation is 2. The Bertz CT molecular complexity index is 1060. The summed E-state index contributed by atoms with van der Waals surface area (Å²) in [6.45, 7) is 4.18. The third kappa shape index (κ3) is 4.21. The van der Waals surface area contributed by atoms with E-state index in [1.54, 1.807) is 23.1 Å². The second-order valence-electron chi connectivity index (χ2n) is 8.09. The van der Waals surface area contributed by atoms with Crippen LogP contribution < -0.4 is 14.5 Å². The zero-order chi connectivity index (χ0) is 22.1. The molecule has 0 spiro atoms. The zero-order valence-electron chi connectivity index (χ0n) is 17.6. The molecule has 1 atom stereocenters.